The maximum absolute atomic E-state index is 12.1. The summed E-state index contributed by atoms with van der Waals surface area (Å²) in [5, 5.41) is 18.8. The third-order valence-electron chi connectivity index (χ3n) is 3.39. The van der Waals surface area contributed by atoms with Crippen LogP contribution in [0.2, 0.25) is 0 Å². The van der Waals surface area contributed by atoms with Crippen LogP contribution < -0.4 is 0 Å². The quantitative estimate of drug-likeness (QED) is 0.796. The molecule has 0 amide bonds. The largest absolute Gasteiger partial charge is 0.478 e. The van der Waals surface area contributed by atoms with Crippen molar-refractivity contribution < 1.29 is 24.6 Å². The molecule has 0 saturated heterocycles. The van der Waals surface area contributed by atoms with Crippen LogP contribution in [-0.4, -0.2) is 33.3 Å². The Morgan fingerprint density at radius 3 is 2.53 bits per heavy atom. The van der Waals surface area contributed by atoms with Gasteiger partial charge in [0.15, 0.2) is 0 Å². The van der Waals surface area contributed by atoms with Gasteiger partial charge in [-0.15, -0.1) is 0 Å². The maximum atomic E-state index is 12.1. The van der Waals surface area contributed by atoms with Crippen molar-refractivity contribution in [2.75, 3.05) is 0 Å². The van der Waals surface area contributed by atoms with Gasteiger partial charge in [-0.2, -0.15) is 0 Å². The number of aliphatic carboxylic acids is 1. The number of carboxylic acids is 1. The molecule has 1 unspecified atom stereocenters. The normalized spacial score (nSPS) is 21.6. The lowest BCUT2D eigenvalue weighted by molar-refractivity contribution is -0.148. The number of carbonyl (C=O) groups excluding carboxylic acids is 2. The topological polar surface area (TPSA) is 91.7 Å². The SMILES string of the molecule is CCCCc1cccc2c1C(=O)C(O)(C(=O)O)C2=O. The Balaban J connectivity index is 2.56. The molecule has 0 radical (unpaired) electrons. The highest BCUT2D eigenvalue weighted by Crippen LogP contribution is 2.33. The summed E-state index contributed by atoms with van der Waals surface area (Å²) < 4.78 is 0. The number of aliphatic hydroxyl groups is 1. The second-order valence-corrected chi connectivity index (χ2v) is 4.62. The fourth-order valence-electron chi connectivity index (χ4n) is 2.31. The van der Waals surface area contributed by atoms with Crippen molar-refractivity contribution >= 4 is 17.5 Å². The number of benzene rings is 1. The zero-order valence-electron chi connectivity index (χ0n) is 10.5. The summed E-state index contributed by atoms with van der Waals surface area (Å²) in [7, 11) is 0. The van der Waals surface area contributed by atoms with Gasteiger partial charge in [-0.1, -0.05) is 31.5 Å². The number of fused-ring (bicyclic) bond motifs is 1. The van der Waals surface area contributed by atoms with Crippen molar-refractivity contribution in [1.82, 2.24) is 0 Å². The van der Waals surface area contributed by atoms with Gasteiger partial charge in [-0.05, 0) is 18.4 Å². The van der Waals surface area contributed by atoms with E-state index in [1.165, 1.54) is 6.07 Å². The van der Waals surface area contributed by atoms with E-state index in [1.807, 2.05) is 6.92 Å². The smallest absolute Gasteiger partial charge is 0.352 e. The van der Waals surface area contributed by atoms with E-state index in [0.29, 0.717) is 12.0 Å². The minimum Gasteiger partial charge on any atom is -0.478 e. The average molecular weight is 262 g/mol. The third-order valence-corrected chi connectivity index (χ3v) is 3.39. The number of carbonyl (C=O) groups is 3. The summed E-state index contributed by atoms with van der Waals surface area (Å²) in [5.74, 6) is -3.88. The Kier molecular flexibility index (Phi) is 3.24. The maximum Gasteiger partial charge on any atom is 0.352 e. The first-order valence-electron chi connectivity index (χ1n) is 6.11. The van der Waals surface area contributed by atoms with Gasteiger partial charge in [-0.25, -0.2) is 4.79 Å². The number of hydrogen-bond acceptors (Lipinski definition) is 4. The average Bonchev–Trinajstić information content (AvgIpc) is 2.60. The highest BCUT2D eigenvalue weighted by atomic mass is 16.4. The number of hydrogen-bond donors (Lipinski definition) is 2. The van der Waals surface area contributed by atoms with Crippen molar-refractivity contribution in [3.8, 4) is 0 Å². The molecule has 0 aromatic heterocycles. The molecular weight excluding hydrogens is 248 g/mol. The second kappa shape index (κ2) is 4.59. The van der Waals surface area contributed by atoms with Gasteiger partial charge in [-0.3, -0.25) is 9.59 Å². The van der Waals surface area contributed by atoms with Gasteiger partial charge >= 0.3 is 5.97 Å². The summed E-state index contributed by atoms with van der Waals surface area (Å²) in [6.07, 6.45) is 2.31. The number of carboxylic acid groups (broad SMARTS) is 1. The van der Waals surface area contributed by atoms with Crippen LogP contribution in [0.5, 0.6) is 0 Å². The predicted molar refractivity (Wildman–Crippen MR) is 66.3 cm³/mol. The van der Waals surface area contributed by atoms with Crippen LogP contribution in [0.1, 0.15) is 46.0 Å². The van der Waals surface area contributed by atoms with Gasteiger partial charge in [0.1, 0.15) is 0 Å². The van der Waals surface area contributed by atoms with Crippen molar-refractivity contribution in [1.29, 1.82) is 0 Å². The molecule has 5 heteroatoms. The fraction of sp³-hybridized carbons (Fsp3) is 0.357. The van der Waals surface area contributed by atoms with Crippen molar-refractivity contribution in [3.63, 3.8) is 0 Å². The Labute approximate surface area is 109 Å². The van der Waals surface area contributed by atoms with E-state index >= 15 is 0 Å². The summed E-state index contributed by atoms with van der Waals surface area (Å²) in [4.78, 5) is 35.1. The van der Waals surface area contributed by atoms with E-state index in [0.717, 1.165) is 12.8 Å². The molecule has 100 valence electrons. The van der Waals surface area contributed by atoms with Gasteiger partial charge in [0.2, 0.25) is 11.6 Å². The lowest BCUT2D eigenvalue weighted by Gasteiger charge is -2.12. The van der Waals surface area contributed by atoms with Crippen molar-refractivity contribution in [2.45, 2.75) is 31.8 Å². The van der Waals surface area contributed by atoms with E-state index in [-0.39, 0.29) is 11.1 Å². The monoisotopic (exact) mass is 262 g/mol. The van der Waals surface area contributed by atoms with Crippen LogP contribution in [0.15, 0.2) is 18.2 Å². The van der Waals surface area contributed by atoms with Crippen molar-refractivity contribution in [3.05, 3.63) is 34.9 Å². The molecule has 1 aliphatic rings. The molecule has 0 bridgehead atoms. The summed E-state index contributed by atoms with van der Waals surface area (Å²) in [6.45, 7) is 1.99. The Hall–Kier alpha value is -2.01. The molecule has 2 N–H and O–H groups in total. The fourth-order valence-corrected chi connectivity index (χ4v) is 2.31. The zero-order valence-corrected chi connectivity index (χ0v) is 10.5. The van der Waals surface area contributed by atoms with Crippen LogP contribution in [0.3, 0.4) is 0 Å². The first kappa shape index (κ1) is 13.4. The standard InChI is InChI=1S/C14H14O5/c1-2-3-5-8-6-4-7-9-10(8)12(16)14(19,11(9)15)13(17)18/h4,6-7,19H,2-3,5H2,1H3,(H,17,18). The molecule has 1 aliphatic carbocycles. The highest BCUT2D eigenvalue weighted by Gasteiger charge is 2.58. The zero-order chi connectivity index (χ0) is 14.2. The predicted octanol–water partition coefficient (Wildman–Crippen LogP) is 1.22. The van der Waals surface area contributed by atoms with E-state index < -0.39 is 23.1 Å². The van der Waals surface area contributed by atoms with Gasteiger partial charge in [0, 0.05) is 11.1 Å². The van der Waals surface area contributed by atoms with E-state index in [4.69, 9.17) is 5.11 Å². The molecule has 0 heterocycles. The number of rotatable bonds is 4. The molecule has 1 atom stereocenters. The van der Waals surface area contributed by atoms with Gasteiger partial charge in [0.05, 0.1) is 0 Å². The van der Waals surface area contributed by atoms with Crippen LogP contribution in [-0.2, 0) is 11.2 Å². The first-order chi connectivity index (χ1) is 8.94. The molecular formula is C14H14O5. The summed E-state index contributed by atoms with van der Waals surface area (Å²) in [6, 6.07) is 4.67. The molecule has 2 rings (SSSR count). The molecule has 1 aromatic carbocycles. The molecule has 0 fully saturated rings. The number of unbranched alkanes of at least 4 members (excludes halogenated alkanes) is 1. The van der Waals surface area contributed by atoms with Crippen LogP contribution in [0.25, 0.3) is 0 Å². The van der Waals surface area contributed by atoms with Gasteiger partial charge < -0.3 is 10.2 Å². The lowest BCUT2D eigenvalue weighted by Crippen LogP contribution is -2.49. The Bertz CT molecular complexity index is 575. The van der Waals surface area contributed by atoms with Gasteiger partial charge in [0.25, 0.3) is 5.60 Å². The number of Topliss-reactive ketones (excluding diaryl/α,β-unsaturated/α-hetero) is 2. The molecule has 5 nitrogen and oxygen atoms in total. The molecule has 1 aromatic rings. The number of aryl methyl sites for hydroxylation is 1. The number of ketones is 2. The minimum absolute atomic E-state index is 0.00324. The highest BCUT2D eigenvalue weighted by molar-refractivity contribution is 6.41. The molecule has 0 aliphatic heterocycles. The first-order valence-corrected chi connectivity index (χ1v) is 6.11. The Morgan fingerprint density at radius 2 is 1.95 bits per heavy atom. The third kappa shape index (κ3) is 1.77. The second-order valence-electron chi connectivity index (χ2n) is 4.62. The van der Waals surface area contributed by atoms with E-state index in [1.54, 1.807) is 12.1 Å². The summed E-state index contributed by atoms with van der Waals surface area (Å²) >= 11 is 0. The Morgan fingerprint density at radius 1 is 1.26 bits per heavy atom. The van der Waals surface area contributed by atoms with E-state index in [9.17, 15) is 19.5 Å². The lowest BCUT2D eigenvalue weighted by atomic mass is 9.96. The van der Waals surface area contributed by atoms with Crippen LogP contribution in [0.4, 0.5) is 0 Å². The van der Waals surface area contributed by atoms with Crippen LogP contribution in [0, 0.1) is 0 Å². The summed E-state index contributed by atoms with van der Waals surface area (Å²) in [5.41, 5.74) is -2.27. The minimum atomic E-state index is -2.95. The molecule has 0 saturated carbocycles. The molecule has 19 heavy (non-hydrogen) atoms. The molecule has 0 spiro atoms. The van der Waals surface area contributed by atoms with Crippen LogP contribution >= 0.6 is 0 Å². The van der Waals surface area contributed by atoms with E-state index in [2.05, 4.69) is 0 Å². The van der Waals surface area contributed by atoms with Crippen molar-refractivity contribution in [2.24, 2.45) is 0 Å².